The minimum atomic E-state index is -3.05. The van der Waals surface area contributed by atoms with Gasteiger partial charge in [-0.15, -0.1) is 0 Å². The van der Waals surface area contributed by atoms with E-state index in [2.05, 4.69) is 10.6 Å². The van der Waals surface area contributed by atoms with E-state index in [1.165, 1.54) is 25.1 Å². The summed E-state index contributed by atoms with van der Waals surface area (Å²) in [7, 11) is 6.25. The zero-order valence-corrected chi connectivity index (χ0v) is 30.8. The number of Topliss-reactive ketones (excluding diaryl/α,β-unsaturated/α-hetero) is 3. The lowest BCUT2D eigenvalue weighted by atomic mass is 9.54. The Morgan fingerprint density at radius 2 is 1.69 bits per heavy atom. The number of rotatable bonds is 9. The van der Waals surface area contributed by atoms with Crippen LogP contribution in [0.3, 0.4) is 0 Å². The number of ketones is 3. The monoisotopic (exact) mass is 761 g/mol. The largest absolute Gasteiger partial charge is 0.505 e. The summed E-state index contributed by atoms with van der Waals surface area (Å²) in [5.74, 6) is -12.7. The molecule has 0 radical (unpaired) electrons. The number of likely N-dealkylation sites (N-methyl/N-ethyl adjacent to an activating group) is 1. The van der Waals surface area contributed by atoms with E-state index >= 15 is 0 Å². The van der Waals surface area contributed by atoms with Crippen molar-refractivity contribution < 1.29 is 68.9 Å². The molecular formula is C35H47N5O14. The first-order valence-corrected chi connectivity index (χ1v) is 17.2. The third-order valence-corrected chi connectivity index (χ3v) is 10.5. The second-order valence-corrected chi connectivity index (χ2v) is 15.7. The highest BCUT2D eigenvalue weighted by Crippen LogP contribution is 2.53. The molecule has 10 N–H and O–H groups in total. The molecule has 1 saturated heterocycles. The van der Waals surface area contributed by atoms with E-state index in [1.807, 2.05) is 20.8 Å². The summed E-state index contributed by atoms with van der Waals surface area (Å²) in [5.41, 5.74) is 1.51. The van der Waals surface area contributed by atoms with E-state index in [0.29, 0.717) is 11.3 Å². The Hall–Kier alpha value is -4.50. The number of amides is 2. The highest BCUT2D eigenvalue weighted by atomic mass is 16.7. The van der Waals surface area contributed by atoms with Crippen LogP contribution in [0.4, 0.5) is 11.4 Å². The van der Waals surface area contributed by atoms with Crippen LogP contribution in [0.15, 0.2) is 17.4 Å². The van der Waals surface area contributed by atoms with E-state index < -0.39 is 118 Å². The molecule has 1 aliphatic heterocycles. The fraction of sp³-hybridized carbons (Fsp3) is 0.600. The van der Waals surface area contributed by atoms with Gasteiger partial charge >= 0.3 is 5.97 Å². The van der Waals surface area contributed by atoms with E-state index in [4.69, 9.17) is 15.2 Å². The van der Waals surface area contributed by atoms with Gasteiger partial charge in [0, 0.05) is 31.2 Å². The molecule has 19 nitrogen and oxygen atoms in total. The number of phenols is 1. The lowest BCUT2D eigenvalue weighted by molar-refractivity contribution is -0.287. The highest BCUT2D eigenvalue weighted by Gasteiger charge is 2.67. The second-order valence-electron chi connectivity index (χ2n) is 15.7. The second kappa shape index (κ2) is 14.3. The SMILES string of the molecule is CN(C)c1cc(NC(=O)CNC(C)(C)C)c(O)c2c1C[C@H]1C[C@H]3[C@H](N(C)C)C(O[C@@H]4O[C@H](C(=O)O)[C@@H](O)[C@H](O)[C@H]4O)=C(C(N)=O)C(=O)[C@@]3(O)C(=O)C1C2=O. The first kappa shape index (κ1) is 40.7. The maximum absolute atomic E-state index is 14.5. The molecule has 0 aromatic heterocycles. The van der Waals surface area contributed by atoms with Crippen molar-refractivity contribution in [1.29, 1.82) is 0 Å². The van der Waals surface area contributed by atoms with Crippen molar-refractivity contribution >= 4 is 46.5 Å². The summed E-state index contributed by atoms with van der Waals surface area (Å²) < 4.78 is 11.0. The molecule has 1 aromatic carbocycles. The van der Waals surface area contributed by atoms with Gasteiger partial charge in [-0.25, -0.2) is 4.79 Å². The molecule has 1 heterocycles. The number of primary amides is 1. The van der Waals surface area contributed by atoms with Gasteiger partial charge in [0.1, 0.15) is 35.4 Å². The molecule has 19 heteroatoms. The minimum absolute atomic E-state index is 0.0172. The number of carbonyl (C=O) groups excluding carboxylic acids is 5. The number of benzene rings is 1. The molecule has 3 aliphatic carbocycles. The van der Waals surface area contributed by atoms with Gasteiger partial charge in [0.25, 0.3) is 5.91 Å². The topological polar surface area (TPSA) is 299 Å². The zero-order valence-electron chi connectivity index (χ0n) is 30.8. The fourth-order valence-corrected chi connectivity index (χ4v) is 7.92. The Labute approximate surface area is 309 Å². The Kier molecular flexibility index (Phi) is 10.8. The van der Waals surface area contributed by atoms with Crippen LogP contribution < -0.4 is 21.3 Å². The first-order chi connectivity index (χ1) is 24.9. The van der Waals surface area contributed by atoms with Gasteiger partial charge in [0.15, 0.2) is 23.3 Å². The molecule has 1 saturated carbocycles. The Balaban J connectivity index is 1.59. The average Bonchev–Trinajstić information content (AvgIpc) is 3.05. The lowest BCUT2D eigenvalue weighted by Gasteiger charge is -2.52. The number of carboxylic acid groups (broad SMARTS) is 1. The van der Waals surface area contributed by atoms with Gasteiger partial charge in [0.05, 0.1) is 29.8 Å². The number of hydrogen-bond acceptors (Lipinski definition) is 16. The maximum atomic E-state index is 14.5. The number of carbonyl (C=O) groups is 6. The van der Waals surface area contributed by atoms with Crippen molar-refractivity contribution in [2.45, 2.75) is 81.5 Å². The van der Waals surface area contributed by atoms with Crippen LogP contribution in [-0.4, -0.2) is 153 Å². The van der Waals surface area contributed by atoms with Crippen molar-refractivity contribution in [3.8, 4) is 5.75 Å². The summed E-state index contributed by atoms with van der Waals surface area (Å²) >= 11 is 0. The normalized spacial score (nSPS) is 32.4. The lowest BCUT2D eigenvalue weighted by Crippen LogP contribution is -2.70. The molecule has 296 valence electrons. The predicted octanol–water partition coefficient (Wildman–Crippen LogP) is -2.76. The van der Waals surface area contributed by atoms with Gasteiger partial charge in [-0.05, 0) is 65.3 Å². The number of aromatic hydroxyl groups is 1. The van der Waals surface area contributed by atoms with Crippen molar-refractivity contribution in [1.82, 2.24) is 10.2 Å². The van der Waals surface area contributed by atoms with E-state index in [0.717, 1.165) is 0 Å². The Morgan fingerprint density at radius 3 is 2.22 bits per heavy atom. The maximum Gasteiger partial charge on any atom is 0.335 e. The number of phenolic OH excluding ortho intramolecular Hbond substituents is 1. The Bertz CT molecular complexity index is 1820. The summed E-state index contributed by atoms with van der Waals surface area (Å²) in [6, 6.07) is 0.115. The molecule has 2 amide bonds. The molecule has 0 bridgehead atoms. The number of fused-ring (bicyclic) bond motifs is 3. The van der Waals surface area contributed by atoms with Gasteiger partial charge in [-0.3, -0.25) is 28.9 Å². The van der Waals surface area contributed by atoms with Crippen LogP contribution >= 0.6 is 0 Å². The molecule has 0 spiro atoms. The highest BCUT2D eigenvalue weighted by molar-refractivity contribution is 6.32. The van der Waals surface area contributed by atoms with Crippen LogP contribution in [0, 0.1) is 17.8 Å². The number of aliphatic carboxylic acids is 1. The first-order valence-electron chi connectivity index (χ1n) is 17.2. The number of aliphatic hydroxyl groups is 4. The molecule has 2 fully saturated rings. The van der Waals surface area contributed by atoms with Crippen molar-refractivity contribution in [3.63, 3.8) is 0 Å². The van der Waals surface area contributed by atoms with Crippen molar-refractivity contribution in [3.05, 3.63) is 28.5 Å². The molecule has 1 aromatic rings. The predicted molar refractivity (Wildman–Crippen MR) is 186 cm³/mol. The van der Waals surface area contributed by atoms with E-state index in [1.54, 1.807) is 19.0 Å². The standard InChI is InChI=1S/C35H47N5O14/c1-34(2,3)37-11-17(41)38-15-10-16(39(4)5)13-8-12-9-14-21(40(6)7)27(53-33-26(46)24(44)25(45)28(54-33)32(50)51)20(31(36)49)30(48)35(14,52)29(47)18(12)23(43)19(13)22(15)42/h10,12,14,18,21,24-26,28,33,37,42,44-46,52H,8-9,11H2,1-7H3,(H2,36,49)(H,38,41)(H,50,51)/t12-,14-,18?,21-,24-,25-,26+,28-,33+,35-/m0/s1. The zero-order chi connectivity index (χ0) is 40.5. The number of nitrogens with two attached hydrogens (primary N) is 1. The number of ether oxygens (including phenoxy) is 2. The van der Waals surface area contributed by atoms with Gasteiger partial charge in [0.2, 0.25) is 18.0 Å². The third-order valence-electron chi connectivity index (χ3n) is 10.5. The molecule has 5 rings (SSSR count). The van der Waals surface area contributed by atoms with E-state index in [9.17, 15) is 59.4 Å². The van der Waals surface area contributed by atoms with Crippen LogP contribution in [0.25, 0.3) is 0 Å². The molecule has 54 heavy (non-hydrogen) atoms. The summed E-state index contributed by atoms with van der Waals surface area (Å²) in [6.45, 7) is 5.43. The molecule has 4 aliphatic rings. The number of carboxylic acids is 1. The van der Waals surface area contributed by atoms with Crippen LogP contribution in [0.5, 0.6) is 5.75 Å². The Morgan fingerprint density at radius 1 is 1.06 bits per heavy atom. The van der Waals surface area contributed by atoms with Crippen LogP contribution in [0.2, 0.25) is 0 Å². The fourth-order valence-electron chi connectivity index (χ4n) is 7.92. The summed E-state index contributed by atoms with van der Waals surface area (Å²) in [5, 5.41) is 70.0. The van der Waals surface area contributed by atoms with Gasteiger partial charge < -0.3 is 61.4 Å². The molecular weight excluding hydrogens is 714 g/mol. The quantitative estimate of drug-likeness (QED) is 0.0699. The molecule has 1 unspecified atom stereocenters. The van der Waals surface area contributed by atoms with Crippen LogP contribution in [-0.2, 0) is 39.9 Å². The van der Waals surface area contributed by atoms with Gasteiger partial charge in [-0.2, -0.15) is 0 Å². The summed E-state index contributed by atoms with van der Waals surface area (Å²) in [4.78, 5) is 83.7. The number of aliphatic hydroxyl groups excluding tert-OH is 3. The van der Waals surface area contributed by atoms with Crippen LogP contribution in [0.1, 0.15) is 43.1 Å². The smallest absolute Gasteiger partial charge is 0.335 e. The average molecular weight is 762 g/mol. The number of hydrogen-bond donors (Lipinski definition) is 9. The van der Waals surface area contributed by atoms with Crippen molar-refractivity contribution in [2.24, 2.45) is 23.5 Å². The molecule has 10 atom stereocenters. The number of anilines is 2. The summed E-state index contributed by atoms with van der Waals surface area (Å²) in [6.07, 6.45) is -10.7. The van der Waals surface area contributed by atoms with Gasteiger partial charge in [-0.1, -0.05) is 0 Å². The van der Waals surface area contributed by atoms with Crippen molar-refractivity contribution in [2.75, 3.05) is 45.0 Å². The number of nitrogens with one attached hydrogen (secondary N) is 2. The third kappa shape index (κ3) is 6.73. The minimum Gasteiger partial charge on any atom is -0.505 e. The van der Waals surface area contributed by atoms with E-state index in [-0.39, 0.29) is 30.6 Å². The number of nitrogens with zero attached hydrogens (tertiary/aromatic N) is 2.